The minimum atomic E-state index is -0.0303. The van der Waals surface area contributed by atoms with Crippen LogP contribution in [0.25, 0.3) is 10.6 Å². The fourth-order valence-corrected chi connectivity index (χ4v) is 3.66. The van der Waals surface area contributed by atoms with Gasteiger partial charge in [-0.25, -0.2) is 4.98 Å². The molecule has 0 bridgehead atoms. The van der Waals surface area contributed by atoms with E-state index in [9.17, 15) is 4.79 Å². The Bertz CT molecular complexity index is 902. The molecule has 23 heavy (non-hydrogen) atoms. The monoisotopic (exact) mass is 325 g/mol. The predicted octanol–water partition coefficient (Wildman–Crippen LogP) is 2.11. The first-order valence-electron chi connectivity index (χ1n) is 7.38. The number of aromatic amines is 1. The van der Waals surface area contributed by atoms with Crippen LogP contribution in [0.15, 0.2) is 35.1 Å². The van der Waals surface area contributed by atoms with Crippen molar-refractivity contribution in [1.82, 2.24) is 25.1 Å². The van der Waals surface area contributed by atoms with Crippen LogP contribution in [-0.4, -0.2) is 25.1 Å². The molecule has 0 atom stereocenters. The number of nitrogens with zero attached hydrogens (tertiary/aromatic N) is 4. The Morgan fingerprint density at radius 2 is 2.04 bits per heavy atom. The fraction of sp³-hybridized carbons (Fsp3) is 0.250. The molecule has 0 aliphatic carbocycles. The van der Waals surface area contributed by atoms with Crippen LogP contribution in [0.3, 0.4) is 0 Å². The van der Waals surface area contributed by atoms with Gasteiger partial charge < -0.3 is 4.98 Å². The highest BCUT2D eigenvalue weighted by Crippen LogP contribution is 2.26. The van der Waals surface area contributed by atoms with E-state index in [4.69, 9.17) is 0 Å². The summed E-state index contributed by atoms with van der Waals surface area (Å²) in [4.78, 5) is 21.3. The Morgan fingerprint density at radius 1 is 1.22 bits per heavy atom. The molecule has 1 aromatic carbocycles. The molecule has 0 radical (unpaired) electrons. The van der Waals surface area contributed by atoms with E-state index < -0.39 is 0 Å². The van der Waals surface area contributed by atoms with Crippen LogP contribution < -0.4 is 5.56 Å². The van der Waals surface area contributed by atoms with Crippen molar-refractivity contribution >= 4 is 11.3 Å². The zero-order valence-electron chi connectivity index (χ0n) is 12.6. The lowest BCUT2D eigenvalue weighted by atomic mass is 10.2. The second kappa shape index (κ2) is 5.68. The molecule has 1 N–H and O–H groups in total. The summed E-state index contributed by atoms with van der Waals surface area (Å²) in [6.07, 6.45) is 0. The zero-order chi connectivity index (χ0) is 15.8. The minimum Gasteiger partial charge on any atom is -0.310 e. The normalized spacial score (nSPS) is 14.1. The summed E-state index contributed by atoms with van der Waals surface area (Å²) in [6.45, 7) is 3.78. The molecule has 0 fully saturated rings. The molecule has 1 aliphatic rings. The first-order chi connectivity index (χ1) is 11.2. The van der Waals surface area contributed by atoms with E-state index >= 15 is 0 Å². The SMILES string of the molecule is Cc1nc2c(c(=O)[nH]1)CN(Cc1nnc(-c3ccccc3)s1)C2. The summed E-state index contributed by atoms with van der Waals surface area (Å²) in [6, 6.07) is 10.0. The Balaban J connectivity index is 1.51. The molecule has 0 amide bonds. The van der Waals surface area contributed by atoms with E-state index in [1.54, 1.807) is 18.3 Å². The predicted molar refractivity (Wildman–Crippen MR) is 87.9 cm³/mol. The van der Waals surface area contributed by atoms with Crippen LogP contribution in [0.1, 0.15) is 22.1 Å². The summed E-state index contributed by atoms with van der Waals surface area (Å²) in [5.74, 6) is 0.665. The highest BCUT2D eigenvalue weighted by molar-refractivity contribution is 7.14. The topological polar surface area (TPSA) is 74.8 Å². The van der Waals surface area contributed by atoms with E-state index in [1.165, 1.54) is 0 Å². The second-order valence-electron chi connectivity index (χ2n) is 5.59. The zero-order valence-corrected chi connectivity index (χ0v) is 13.4. The quantitative estimate of drug-likeness (QED) is 0.798. The average molecular weight is 325 g/mol. The highest BCUT2D eigenvalue weighted by atomic mass is 32.1. The van der Waals surface area contributed by atoms with Crippen molar-refractivity contribution in [3.05, 3.63) is 62.8 Å². The van der Waals surface area contributed by atoms with Crippen molar-refractivity contribution in [2.24, 2.45) is 0 Å². The molecule has 3 aromatic rings. The number of H-pyrrole nitrogens is 1. The molecule has 7 heteroatoms. The van der Waals surface area contributed by atoms with E-state index in [1.807, 2.05) is 30.3 Å². The fourth-order valence-electron chi connectivity index (χ4n) is 2.77. The van der Waals surface area contributed by atoms with Gasteiger partial charge in [0.15, 0.2) is 0 Å². The number of nitrogens with one attached hydrogen (secondary N) is 1. The van der Waals surface area contributed by atoms with Gasteiger partial charge in [0.25, 0.3) is 5.56 Å². The maximum absolute atomic E-state index is 12.0. The third-order valence-electron chi connectivity index (χ3n) is 3.82. The molecule has 0 saturated carbocycles. The Morgan fingerprint density at radius 3 is 2.87 bits per heavy atom. The number of fused-ring (bicyclic) bond motifs is 1. The van der Waals surface area contributed by atoms with Crippen LogP contribution in [0.2, 0.25) is 0 Å². The van der Waals surface area contributed by atoms with Gasteiger partial charge in [0, 0.05) is 18.7 Å². The number of rotatable bonds is 3. The van der Waals surface area contributed by atoms with Crippen LogP contribution >= 0.6 is 11.3 Å². The summed E-state index contributed by atoms with van der Waals surface area (Å²) in [7, 11) is 0. The number of aryl methyl sites for hydroxylation is 1. The van der Waals surface area contributed by atoms with Gasteiger partial charge in [-0.3, -0.25) is 9.69 Å². The average Bonchev–Trinajstić information content (AvgIpc) is 3.15. The molecule has 0 unspecified atom stereocenters. The molecule has 6 nitrogen and oxygen atoms in total. The lowest BCUT2D eigenvalue weighted by Crippen LogP contribution is -2.18. The second-order valence-corrected chi connectivity index (χ2v) is 6.65. The van der Waals surface area contributed by atoms with Gasteiger partial charge in [-0.15, -0.1) is 10.2 Å². The van der Waals surface area contributed by atoms with Crippen LogP contribution in [0.5, 0.6) is 0 Å². The maximum Gasteiger partial charge on any atom is 0.255 e. The van der Waals surface area contributed by atoms with E-state index in [2.05, 4.69) is 25.1 Å². The van der Waals surface area contributed by atoms with Gasteiger partial charge in [-0.1, -0.05) is 41.7 Å². The van der Waals surface area contributed by atoms with Crippen LogP contribution in [-0.2, 0) is 19.6 Å². The van der Waals surface area contributed by atoms with E-state index in [0.29, 0.717) is 25.5 Å². The molecule has 3 heterocycles. The Labute approximate surface area is 136 Å². The minimum absolute atomic E-state index is 0.0303. The molecule has 4 rings (SSSR count). The number of hydrogen-bond donors (Lipinski definition) is 1. The van der Waals surface area contributed by atoms with E-state index in [-0.39, 0.29) is 5.56 Å². The summed E-state index contributed by atoms with van der Waals surface area (Å²) in [5.41, 5.74) is 2.69. The summed E-state index contributed by atoms with van der Waals surface area (Å²) < 4.78 is 0. The summed E-state index contributed by atoms with van der Waals surface area (Å²) in [5, 5.41) is 10.4. The van der Waals surface area contributed by atoms with Crippen LogP contribution in [0, 0.1) is 6.92 Å². The van der Waals surface area contributed by atoms with Crippen molar-refractivity contribution in [2.75, 3.05) is 0 Å². The third kappa shape index (κ3) is 2.80. The van der Waals surface area contributed by atoms with Gasteiger partial charge in [0.1, 0.15) is 15.8 Å². The Hall–Kier alpha value is -2.38. The highest BCUT2D eigenvalue weighted by Gasteiger charge is 2.24. The molecule has 1 aliphatic heterocycles. The molecule has 0 saturated heterocycles. The number of aromatic nitrogens is 4. The largest absolute Gasteiger partial charge is 0.310 e. The smallest absolute Gasteiger partial charge is 0.255 e. The van der Waals surface area contributed by atoms with Gasteiger partial charge >= 0.3 is 0 Å². The molecular formula is C16H15N5OS. The van der Waals surface area contributed by atoms with Crippen molar-refractivity contribution in [1.29, 1.82) is 0 Å². The number of benzene rings is 1. The maximum atomic E-state index is 12.0. The Kier molecular flexibility index (Phi) is 3.51. The summed E-state index contributed by atoms with van der Waals surface area (Å²) >= 11 is 1.59. The lowest BCUT2D eigenvalue weighted by molar-refractivity contribution is 0.272. The molecule has 2 aromatic heterocycles. The van der Waals surface area contributed by atoms with E-state index in [0.717, 1.165) is 26.8 Å². The van der Waals surface area contributed by atoms with Gasteiger partial charge in [-0.2, -0.15) is 0 Å². The number of hydrogen-bond acceptors (Lipinski definition) is 6. The van der Waals surface area contributed by atoms with Crippen LogP contribution in [0.4, 0.5) is 0 Å². The first-order valence-corrected chi connectivity index (χ1v) is 8.19. The van der Waals surface area contributed by atoms with Crippen molar-refractivity contribution < 1.29 is 0 Å². The lowest BCUT2D eigenvalue weighted by Gasteiger charge is -2.10. The standard InChI is InChI=1S/C16H15N5OS/c1-10-17-13-8-21(7-12(13)15(22)18-10)9-14-19-20-16(23-14)11-5-3-2-4-6-11/h2-6H,7-9H2,1H3,(H,17,18,22). The third-order valence-corrected chi connectivity index (χ3v) is 4.78. The van der Waals surface area contributed by atoms with Gasteiger partial charge in [0.05, 0.1) is 17.8 Å². The van der Waals surface area contributed by atoms with Gasteiger partial charge in [-0.05, 0) is 6.92 Å². The molecule has 0 spiro atoms. The van der Waals surface area contributed by atoms with Gasteiger partial charge in [0.2, 0.25) is 0 Å². The molecule has 116 valence electrons. The first kappa shape index (κ1) is 14.2. The van der Waals surface area contributed by atoms with Crippen molar-refractivity contribution in [3.8, 4) is 10.6 Å². The van der Waals surface area contributed by atoms with Crippen molar-refractivity contribution in [2.45, 2.75) is 26.6 Å². The van der Waals surface area contributed by atoms with Crippen molar-refractivity contribution in [3.63, 3.8) is 0 Å². The molecular weight excluding hydrogens is 310 g/mol.